The molecule has 2 aliphatic heterocycles. The molecule has 0 aliphatic carbocycles. The Balaban J connectivity index is 1.24. The fourth-order valence-electron chi connectivity index (χ4n) is 4.92. The van der Waals surface area contributed by atoms with E-state index in [4.69, 9.17) is 18.6 Å². The van der Waals surface area contributed by atoms with E-state index >= 15 is 0 Å². The molecule has 2 aliphatic rings. The van der Waals surface area contributed by atoms with Gasteiger partial charge in [-0.3, -0.25) is 9.69 Å². The second-order valence-electron chi connectivity index (χ2n) is 9.37. The van der Waals surface area contributed by atoms with E-state index < -0.39 is 5.79 Å². The molecule has 0 saturated carbocycles. The number of carbonyl (C=O) groups is 1. The van der Waals surface area contributed by atoms with E-state index in [0.717, 1.165) is 24.6 Å². The van der Waals surface area contributed by atoms with E-state index in [1.807, 2.05) is 36.1 Å². The second kappa shape index (κ2) is 11.3. The molecule has 190 valence electrons. The lowest BCUT2D eigenvalue weighted by molar-refractivity contribution is -0.181. The molecule has 2 fully saturated rings. The van der Waals surface area contributed by atoms with Crippen LogP contribution in [0.2, 0.25) is 0 Å². The first-order chi connectivity index (χ1) is 17.6. The molecule has 5 rings (SSSR count). The molecular formula is C29H34N2O5. The van der Waals surface area contributed by atoms with E-state index in [-0.39, 0.29) is 5.91 Å². The van der Waals surface area contributed by atoms with Crippen LogP contribution >= 0.6 is 0 Å². The Morgan fingerprint density at radius 2 is 1.56 bits per heavy atom. The third-order valence-corrected chi connectivity index (χ3v) is 6.77. The number of likely N-dealkylation sites (tertiary alicyclic amines) is 1. The molecular weight excluding hydrogens is 456 g/mol. The molecule has 36 heavy (non-hydrogen) atoms. The number of ether oxygens (including phenoxy) is 3. The van der Waals surface area contributed by atoms with Crippen LogP contribution in [0.3, 0.4) is 0 Å². The van der Waals surface area contributed by atoms with E-state index in [1.54, 1.807) is 6.07 Å². The lowest BCUT2D eigenvalue weighted by atomic mass is 10.0. The van der Waals surface area contributed by atoms with Crippen LogP contribution in [-0.4, -0.2) is 54.4 Å². The van der Waals surface area contributed by atoms with Crippen molar-refractivity contribution in [2.75, 3.05) is 32.9 Å². The Bertz CT molecular complexity index is 1110. The smallest absolute Gasteiger partial charge is 0.289 e. The summed E-state index contributed by atoms with van der Waals surface area (Å²) >= 11 is 0. The molecule has 7 heteroatoms. The maximum absolute atomic E-state index is 13.1. The summed E-state index contributed by atoms with van der Waals surface area (Å²) in [5.41, 5.74) is 2.42. The van der Waals surface area contributed by atoms with Crippen molar-refractivity contribution in [3.05, 3.63) is 89.4 Å². The maximum atomic E-state index is 13.1. The minimum absolute atomic E-state index is 0.0739. The molecule has 0 bridgehead atoms. The average molecular weight is 491 g/mol. The average Bonchev–Trinajstić information content (AvgIpc) is 3.56. The van der Waals surface area contributed by atoms with Crippen LogP contribution in [0, 0.1) is 0 Å². The predicted octanol–water partition coefficient (Wildman–Crippen LogP) is 4.86. The molecule has 0 unspecified atom stereocenters. The van der Waals surface area contributed by atoms with Gasteiger partial charge in [-0.2, -0.15) is 0 Å². The fourth-order valence-corrected chi connectivity index (χ4v) is 4.92. The van der Waals surface area contributed by atoms with Gasteiger partial charge in [0.2, 0.25) is 0 Å². The van der Waals surface area contributed by atoms with Crippen molar-refractivity contribution in [1.82, 2.24) is 9.80 Å². The van der Waals surface area contributed by atoms with Gasteiger partial charge in [0.25, 0.3) is 5.91 Å². The van der Waals surface area contributed by atoms with Crippen molar-refractivity contribution >= 4 is 5.91 Å². The van der Waals surface area contributed by atoms with E-state index in [9.17, 15) is 4.79 Å². The number of amides is 1. The number of rotatable bonds is 9. The molecule has 2 aromatic carbocycles. The molecule has 2 saturated heterocycles. The highest BCUT2D eigenvalue weighted by atomic mass is 16.7. The maximum Gasteiger partial charge on any atom is 0.289 e. The monoisotopic (exact) mass is 490 g/mol. The van der Waals surface area contributed by atoms with Crippen LogP contribution < -0.4 is 4.74 Å². The predicted molar refractivity (Wildman–Crippen MR) is 135 cm³/mol. The van der Waals surface area contributed by atoms with Gasteiger partial charge in [-0.15, -0.1) is 0 Å². The normalized spacial score (nSPS) is 17.1. The highest BCUT2D eigenvalue weighted by Crippen LogP contribution is 2.32. The number of benzene rings is 2. The van der Waals surface area contributed by atoms with Crippen LogP contribution in [-0.2, 0) is 29.1 Å². The molecule has 1 amide bonds. The highest BCUT2D eigenvalue weighted by Gasteiger charge is 2.41. The third kappa shape index (κ3) is 5.98. The quantitative estimate of drug-likeness (QED) is 0.427. The molecule has 3 aromatic rings. The van der Waals surface area contributed by atoms with Crippen LogP contribution in [0.15, 0.2) is 71.1 Å². The van der Waals surface area contributed by atoms with E-state index in [1.165, 1.54) is 11.1 Å². The summed E-state index contributed by atoms with van der Waals surface area (Å²) in [5, 5.41) is 0. The Morgan fingerprint density at radius 3 is 2.22 bits per heavy atom. The molecule has 1 spiro atoms. The van der Waals surface area contributed by atoms with Crippen LogP contribution in [0.25, 0.3) is 0 Å². The summed E-state index contributed by atoms with van der Waals surface area (Å²) in [6.45, 7) is 7.22. The van der Waals surface area contributed by atoms with Crippen LogP contribution in [0.4, 0.5) is 0 Å². The number of furan rings is 1. The zero-order chi connectivity index (χ0) is 24.8. The van der Waals surface area contributed by atoms with Gasteiger partial charge in [0.05, 0.1) is 26.4 Å². The summed E-state index contributed by atoms with van der Waals surface area (Å²) in [6.07, 6.45) is 1.39. The largest absolute Gasteiger partial charge is 0.494 e. The summed E-state index contributed by atoms with van der Waals surface area (Å²) in [5.74, 6) is 1.46. The number of nitrogens with zero attached hydrogens (tertiary/aromatic N) is 2. The van der Waals surface area contributed by atoms with Crippen molar-refractivity contribution in [3.63, 3.8) is 0 Å². The zero-order valence-corrected chi connectivity index (χ0v) is 20.9. The number of hydrogen-bond donors (Lipinski definition) is 0. The number of piperidine rings is 1. The number of carbonyl (C=O) groups excluding carboxylic acids is 1. The Morgan fingerprint density at radius 1 is 0.889 bits per heavy atom. The van der Waals surface area contributed by atoms with Gasteiger partial charge >= 0.3 is 0 Å². The third-order valence-electron chi connectivity index (χ3n) is 6.77. The lowest BCUT2D eigenvalue weighted by Gasteiger charge is -2.37. The van der Waals surface area contributed by atoms with Gasteiger partial charge in [-0.25, -0.2) is 0 Å². The van der Waals surface area contributed by atoms with Crippen LogP contribution in [0.1, 0.15) is 47.2 Å². The molecule has 7 nitrogen and oxygen atoms in total. The standard InChI is InChI=1S/C29H34N2O5/c1-2-33-25-10-8-24(9-11-25)21-30(20-23-6-4-3-5-7-23)22-26-12-13-27(36-26)28(32)31-16-14-29(15-17-31)34-18-19-35-29/h3-13H,2,14-22H2,1H3. The highest BCUT2D eigenvalue weighted by molar-refractivity contribution is 5.91. The van der Waals surface area contributed by atoms with Crippen molar-refractivity contribution in [2.45, 2.75) is 45.2 Å². The molecule has 1 aromatic heterocycles. The summed E-state index contributed by atoms with van der Waals surface area (Å²) in [6, 6.07) is 22.3. The fraction of sp³-hybridized carbons (Fsp3) is 0.414. The van der Waals surface area contributed by atoms with Crippen molar-refractivity contribution in [1.29, 1.82) is 0 Å². The Labute approximate surface area is 212 Å². The second-order valence-corrected chi connectivity index (χ2v) is 9.37. The van der Waals surface area contributed by atoms with Gasteiger partial charge < -0.3 is 23.5 Å². The van der Waals surface area contributed by atoms with Crippen LogP contribution in [0.5, 0.6) is 5.75 Å². The van der Waals surface area contributed by atoms with Crippen molar-refractivity contribution in [2.24, 2.45) is 0 Å². The topological polar surface area (TPSA) is 64.4 Å². The zero-order valence-electron chi connectivity index (χ0n) is 20.9. The number of hydrogen-bond acceptors (Lipinski definition) is 6. The first-order valence-corrected chi connectivity index (χ1v) is 12.8. The van der Waals surface area contributed by atoms with Gasteiger partial charge in [0.1, 0.15) is 11.5 Å². The van der Waals surface area contributed by atoms with Gasteiger partial charge in [-0.05, 0) is 42.3 Å². The minimum Gasteiger partial charge on any atom is -0.494 e. The molecule has 0 atom stereocenters. The van der Waals surface area contributed by atoms with Crippen molar-refractivity contribution in [3.8, 4) is 5.75 Å². The minimum atomic E-state index is -0.496. The first kappa shape index (κ1) is 24.6. The van der Waals surface area contributed by atoms with E-state index in [2.05, 4.69) is 41.3 Å². The van der Waals surface area contributed by atoms with Gasteiger partial charge in [-0.1, -0.05) is 42.5 Å². The van der Waals surface area contributed by atoms with Crippen molar-refractivity contribution < 1.29 is 23.4 Å². The summed E-state index contributed by atoms with van der Waals surface area (Å²) in [7, 11) is 0. The Kier molecular flexibility index (Phi) is 7.70. The van der Waals surface area contributed by atoms with Gasteiger partial charge in [0.15, 0.2) is 11.5 Å². The first-order valence-electron chi connectivity index (χ1n) is 12.8. The van der Waals surface area contributed by atoms with Gasteiger partial charge in [0, 0.05) is 39.0 Å². The summed E-state index contributed by atoms with van der Waals surface area (Å²) in [4.78, 5) is 17.2. The summed E-state index contributed by atoms with van der Waals surface area (Å²) < 4.78 is 23.2. The lowest BCUT2D eigenvalue weighted by Crippen LogP contribution is -2.47. The molecule has 0 N–H and O–H groups in total. The molecule has 3 heterocycles. The van der Waals surface area contributed by atoms with E-state index in [0.29, 0.717) is 58.1 Å². The SMILES string of the molecule is CCOc1ccc(CN(Cc2ccccc2)Cc2ccc(C(=O)N3CCC4(CC3)OCCO4)o2)cc1. The Hall–Kier alpha value is -3.13. The molecule has 0 radical (unpaired) electrons.